The van der Waals surface area contributed by atoms with Crippen molar-refractivity contribution in [1.29, 1.82) is 0 Å². The van der Waals surface area contributed by atoms with E-state index >= 15 is 0 Å². The Balaban J connectivity index is 1.59. The maximum Gasteiger partial charge on any atom is 0.344 e. The molecule has 1 aromatic carbocycles. The van der Waals surface area contributed by atoms with Crippen LogP contribution in [0.5, 0.6) is 0 Å². The Bertz CT molecular complexity index is 831. The minimum atomic E-state index is -1.10. The normalized spacial score (nSPS) is 36.8. The second-order valence-electron chi connectivity index (χ2n) is 7.89. The lowest BCUT2D eigenvalue weighted by molar-refractivity contribution is -0.176. The van der Waals surface area contributed by atoms with Crippen LogP contribution in [-0.2, 0) is 24.6 Å². The number of carbonyl (C=O) groups excluding carboxylic acids is 1. The lowest BCUT2D eigenvalue weighted by atomic mass is 9.76. The summed E-state index contributed by atoms with van der Waals surface area (Å²) in [6, 6.07) is 10.0. The molecule has 1 spiro atoms. The van der Waals surface area contributed by atoms with Crippen LogP contribution < -0.4 is 0 Å². The molecule has 26 heavy (non-hydrogen) atoms. The third kappa shape index (κ3) is 2.19. The molecule has 138 valence electrons. The van der Waals surface area contributed by atoms with Crippen LogP contribution in [0, 0.1) is 5.92 Å². The molecule has 3 aliphatic heterocycles. The average Bonchev–Trinajstić information content (AvgIpc) is 3.17. The number of nitrogens with zero attached hydrogens (tertiary/aromatic N) is 1. The lowest BCUT2D eigenvalue weighted by Crippen LogP contribution is -2.48. The number of hydrogen-bond donors (Lipinski definition) is 1. The van der Waals surface area contributed by atoms with Crippen LogP contribution in [0.1, 0.15) is 18.5 Å². The van der Waals surface area contributed by atoms with Gasteiger partial charge in [-0.15, -0.1) is 0 Å². The Labute approximate surface area is 152 Å². The van der Waals surface area contributed by atoms with Crippen LogP contribution >= 0.6 is 0 Å². The van der Waals surface area contributed by atoms with Gasteiger partial charge in [-0.25, -0.2) is 4.79 Å². The van der Waals surface area contributed by atoms with Crippen molar-refractivity contribution in [2.24, 2.45) is 5.92 Å². The zero-order chi connectivity index (χ0) is 17.9. The van der Waals surface area contributed by atoms with Crippen LogP contribution in [0.25, 0.3) is 10.9 Å². The quantitative estimate of drug-likeness (QED) is 0.659. The van der Waals surface area contributed by atoms with Crippen molar-refractivity contribution in [2.75, 3.05) is 33.9 Å². The first kappa shape index (κ1) is 16.3. The third-order valence-electron chi connectivity index (χ3n) is 6.41. The summed E-state index contributed by atoms with van der Waals surface area (Å²) < 4.78 is 17.6. The molecule has 4 heterocycles. The van der Waals surface area contributed by atoms with Gasteiger partial charge in [-0.3, -0.25) is 0 Å². The largest absolute Gasteiger partial charge is 0.467 e. The Hall–Kier alpha value is -1.89. The molecule has 0 amide bonds. The minimum absolute atomic E-state index is 0.0613. The molecule has 1 unspecified atom stereocenters. The van der Waals surface area contributed by atoms with Gasteiger partial charge in [-0.2, -0.15) is 0 Å². The number of hydrogen-bond acceptors (Lipinski definition) is 5. The summed E-state index contributed by atoms with van der Waals surface area (Å²) in [5.41, 5.74) is 0.506. The molecule has 6 nitrogen and oxygen atoms in total. The number of fused-ring (bicyclic) bond motifs is 1. The summed E-state index contributed by atoms with van der Waals surface area (Å²) in [5.74, 6) is -0.0591. The number of epoxide rings is 1. The van der Waals surface area contributed by atoms with Crippen molar-refractivity contribution in [3.63, 3.8) is 0 Å². The number of aromatic amines is 1. The maximum absolute atomic E-state index is 13.0. The first-order valence-electron chi connectivity index (χ1n) is 9.24. The number of aromatic nitrogens is 1. The fraction of sp³-hybridized carbons (Fsp3) is 0.550. The van der Waals surface area contributed by atoms with Gasteiger partial charge in [0.05, 0.1) is 19.4 Å². The first-order chi connectivity index (χ1) is 12.6. The van der Waals surface area contributed by atoms with Gasteiger partial charge in [0.2, 0.25) is 5.60 Å². The second kappa shape index (κ2) is 5.55. The van der Waals surface area contributed by atoms with E-state index in [1.54, 1.807) is 0 Å². The Kier molecular flexibility index (Phi) is 3.48. The van der Waals surface area contributed by atoms with Crippen molar-refractivity contribution < 1.29 is 19.0 Å². The molecule has 6 heteroatoms. The van der Waals surface area contributed by atoms with E-state index in [4.69, 9.17) is 14.2 Å². The van der Waals surface area contributed by atoms with Crippen molar-refractivity contribution in [1.82, 2.24) is 9.88 Å². The molecule has 2 aromatic rings. The highest BCUT2D eigenvalue weighted by molar-refractivity contribution is 5.86. The number of carbonyl (C=O) groups is 1. The summed E-state index contributed by atoms with van der Waals surface area (Å²) >= 11 is 0. The van der Waals surface area contributed by atoms with Gasteiger partial charge in [0.1, 0.15) is 11.7 Å². The van der Waals surface area contributed by atoms with Crippen LogP contribution in [0.4, 0.5) is 0 Å². The number of H-pyrrole nitrogens is 1. The number of nitrogens with one attached hydrogen (secondary N) is 1. The standard InChI is InChI=1S/C20H24N2O4/c1-22-8-7-14-10-19(18(23)24-2,25-11-17-20(14,12-22)26-17)16-9-13-5-3-4-6-15(13)21-16/h3-6,9,14,17,21H,7-8,10-12H2,1-2H3/t14?,17-,19-,20+/m1/s1. The van der Waals surface area contributed by atoms with Crippen molar-refractivity contribution >= 4 is 16.9 Å². The monoisotopic (exact) mass is 356 g/mol. The van der Waals surface area contributed by atoms with Crippen LogP contribution in [0.3, 0.4) is 0 Å². The van der Waals surface area contributed by atoms with E-state index in [2.05, 4.69) is 16.9 Å². The van der Waals surface area contributed by atoms with Gasteiger partial charge in [0.25, 0.3) is 0 Å². The van der Waals surface area contributed by atoms with Gasteiger partial charge in [-0.05, 0) is 49.9 Å². The highest BCUT2D eigenvalue weighted by atomic mass is 16.6. The van der Waals surface area contributed by atoms with E-state index in [-0.39, 0.29) is 23.6 Å². The van der Waals surface area contributed by atoms with Crippen molar-refractivity contribution in [3.8, 4) is 0 Å². The second-order valence-corrected chi connectivity index (χ2v) is 7.89. The van der Waals surface area contributed by atoms with Gasteiger partial charge in [-0.1, -0.05) is 18.2 Å². The lowest BCUT2D eigenvalue weighted by Gasteiger charge is -2.38. The summed E-state index contributed by atoms with van der Waals surface area (Å²) in [6.07, 6.45) is 1.64. The van der Waals surface area contributed by atoms with E-state index in [1.165, 1.54) is 7.11 Å². The molecular weight excluding hydrogens is 332 g/mol. The summed E-state index contributed by atoms with van der Waals surface area (Å²) in [7, 11) is 3.56. The van der Waals surface area contributed by atoms with Crippen molar-refractivity contribution in [2.45, 2.75) is 30.1 Å². The fourth-order valence-electron chi connectivity index (χ4n) is 4.95. The molecule has 0 radical (unpaired) electrons. The predicted octanol–water partition coefficient (Wildman–Crippen LogP) is 2.05. The molecule has 5 rings (SSSR count). The molecule has 1 N–H and O–H groups in total. The summed E-state index contributed by atoms with van der Waals surface area (Å²) in [5, 5.41) is 1.07. The number of likely N-dealkylation sites (tertiary alicyclic amines) is 1. The highest BCUT2D eigenvalue weighted by Gasteiger charge is 2.67. The van der Waals surface area contributed by atoms with E-state index in [0.717, 1.165) is 36.1 Å². The smallest absolute Gasteiger partial charge is 0.344 e. The Morgan fingerprint density at radius 1 is 1.38 bits per heavy atom. The molecule has 1 aromatic heterocycles. The molecule has 4 atom stereocenters. The number of esters is 1. The number of likely N-dealkylation sites (N-methyl/N-ethyl adjacent to an activating group) is 1. The van der Waals surface area contributed by atoms with Gasteiger partial charge < -0.3 is 24.1 Å². The first-order valence-corrected chi connectivity index (χ1v) is 9.24. The molecular formula is C20H24N2O4. The molecule has 3 saturated heterocycles. The van der Waals surface area contributed by atoms with Crippen LogP contribution in [0.15, 0.2) is 30.3 Å². The summed E-state index contributed by atoms with van der Waals surface area (Å²) in [6.45, 7) is 2.32. The topological polar surface area (TPSA) is 67.1 Å². The number of ether oxygens (including phenoxy) is 3. The minimum Gasteiger partial charge on any atom is -0.467 e. The zero-order valence-electron chi connectivity index (χ0n) is 15.2. The molecule has 0 bridgehead atoms. The van der Waals surface area contributed by atoms with E-state index < -0.39 is 5.60 Å². The Morgan fingerprint density at radius 3 is 3.04 bits per heavy atom. The maximum atomic E-state index is 13.0. The Morgan fingerprint density at radius 2 is 2.23 bits per heavy atom. The number of benzene rings is 1. The molecule has 0 saturated carbocycles. The molecule has 3 aliphatic rings. The van der Waals surface area contributed by atoms with Crippen LogP contribution in [-0.4, -0.2) is 61.4 Å². The molecule has 3 fully saturated rings. The average molecular weight is 356 g/mol. The van der Waals surface area contributed by atoms with Gasteiger partial charge in [0, 0.05) is 12.1 Å². The SMILES string of the molecule is COC(=O)[C@]1(c2cc3ccccc3[nH]2)CC2CCN(C)C[C@]23O[C@@H]3CO1. The number of rotatable bonds is 2. The third-order valence-corrected chi connectivity index (χ3v) is 6.41. The van der Waals surface area contributed by atoms with Gasteiger partial charge in [0.15, 0.2) is 0 Å². The fourth-order valence-corrected chi connectivity index (χ4v) is 4.95. The zero-order valence-corrected chi connectivity index (χ0v) is 15.2. The summed E-state index contributed by atoms with van der Waals surface area (Å²) in [4.78, 5) is 18.7. The van der Waals surface area contributed by atoms with Crippen molar-refractivity contribution in [3.05, 3.63) is 36.0 Å². The number of methoxy groups -OCH3 is 1. The predicted molar refractivity (Wildman–Crippen MR) is 95.8 cm³/mol. The van der Waals surface area contributed by atoms with E-state index in [1.807, 2.05) is 30.3 Å². The van der Waals surface area contributed by atoms with E-state index in [0.29, 0.717) is 13.0 Å². The molecule has 0 aliphatic carbocycles. The van der Waals surface area contributed by atoms with Crippen LogP contribution in [0.2, 0.25) is 0 Å². The van der Waals surface area contributed by atoms with Gasteiger partial charge >= 0.3 is 5.97 Å². The number of para-hydroxylation sites is 1. The number of piperidine rings is 1. The highest BCUT2D eigenvalue weighted by Crippen LogP contribution is 2.55. The van der Waals surface area contributed by atoms with E-state index in [9.17, 15) is 4.79 Å².